The number of ether oxygens (including phenoxy) is 2. The molecule has 2 heterocycles. The average molecular weight is 422 g/mol. The highest BCUT2D eigenvalue weighted by molar-refractivity contribution is 9.10. The van der Waals surface area contributed by atoms with Gasteiger partial charge in [-0.1, -0.05) is 15.9 Å². The molecule has 26 heavy (non-hydrogen) atoms. The van der Waals surface area contributed by atoms with Gasteiger partial charge in [-0.05, 0) is 18.2 Å². The number of esters is 2. The van der Waals surface area contributed by atoms with Crippen LogP contribution in [0.4, 0.5) is 0 Å². The first kappa shape index (κ1) is 18.2. The normalized spacial score (nSPS) is 14.1. The number of carbonyl (C=O) groups is 2. The third kappa shape index (κ3) is 3.37. The van der Waals surface area contributed by atoms with Crippen LogP contribution in [0.5, 0.6) is 0 Å². The van der Waals surface area contributed by atoms with Crippen molar-refractivity contribution in [2.75, 3.05) is 20.8 Å². The number of rotatable bonds is 3. The Hall–Kier alpha value is -2.61. The van der Waals surface area contributed by atoms with Gasteiger partial charge in [0.05, 0.1) is 37.8 Å². The summed E-state index contributed by atoms with van der Waals surface area (Å²) in [7, 11) is 2.45. The first-order valence-electron chi connectivity index (χ1n) is 7.81. The average Bonchev–Trinajstić information content (AvgIpc) is 2.66. The molecule has 0 fully saturated rings. The molecule has 0 saturated heterocycles. The topological polar surface area (TPSA) is 86.1 Å². The predicted octanol–water partition coefficient (Wildman–Crippen LogP) is 2.14. The zero-order chi connectivity index (χ0) is 18.8. The molecule has 0 spiro atoms. The van der Waals surface area contributed by atoms with E-state index in [0.717, 1.165) is 10.5 Å². The monoisotopic (exact) mass is 421 g/mol. The van der Waals surface area contributed by atoms with E-state index < -0.39 is 11.9 Å². The zero-order valence-electron chi connectivity index (χ0n) is 14.2. The summed E-state index contributed by atoms with van der Waals surface area (Å²) in [6.45, 7) is 0.536. The molecule has 0 aliphatic carbocycles. The van der Waals surface area contributed by atoms with E-state index in [-0.39, 0.29) is 17.7 Å². The Balaban J connectivity index is 2.05. The molecular weight excluding hydrogens is 406 g/mol. The summed E-state index contributed by atoms with van der Waals surface area (Å²) in [5.74, 6) is -0.763. The van der Waals surface area contributed by atoms with Crippen LogP contribution in [-0.2, 0) is 32.0 Å². The summed E-state index contributed by atoms with van der Waals surface area (Å²) in [5, 5.41) is 0.455. The van der Waals surface area contributed by atoms with Crippen LogP contribution in [0.1, 0.15) is 11.3 Å². The third-order valence-electron chi connectivity index (χ3n) is 4.18. The van der Waals surface area contributed by atoms with E-state index in [1.165, 1.54) is 14.2 Å². The Morgan fingerprint density at radius 3 is 2.73 bits per heavy atom. The Morgan fingerprint density at radius 1 is 1.27 bits per heavy atom. The van der Waals surface area contributed by atoms with Crippen molar-refractivity contribution >= 4 is 38.8 Å². The molecule has 0 amide bonds. The molecule has 136 valence electrons. The van der Waals surface area contributed by atoms with Gasteiger partial charge in [0.1, 0.15) is 17.0 Å². The lowest BCUT2D eigenvalue weighted by Gasteiger charge is -2.30. The molecule has 1 aliphatic rings. The molecule has 1 aromatic heterocycles. The molecule has 0 atom stereocenters. The molecule has 0 bridgehead atoms. The summed E-state index contributed by atoms with van der Waals surface area (Å²) >= 11 is 3.35. The van der Waals surface area contributed by atoms with Gasteiger partial charge < -0.3 is 18.8 Å². The molecule has 1 aliphatic heterocycles. The molecule has 0 saturated carbocycles. The van der Waals surface area contributed by atoms with Crippen molar-refractivity contribution in [1.29, 1.82) is 0 Å². The van der Waals surface area contributed by atoms with Crippen molar-refractivity contribution in [3.63, 3.8) is 0 Å². The number of methoxy groups -OCH3 is 2. The van der Waals surface area contributed by atoms with Gasteiger partial charge in [0.25, 0.3) is 0 Å². The zero-order valence-corrected chi connectivity index (χ0v) is 15.8. The highest BCUT2D eigenvalue weighted by atomic mass is 79.9. The molecular formula is C18H16BrNO6. The van der Waals surface area contributed by atoms with Crippen LogP contribution in [0.3, 0.4) is 0 Å². The summed E-state index contributed by atoms with van der Waals surface area (Å²) in [6, 6.07) is 5.25. The van der Waals surface area contributed by atoms with Crippen molar-refractivity contribution in [3.8, 4) is 0 Å². The number of hydrogen-bond acceptors (Lipinski definition) is 7. The smallest absolute Gasteiger partial charge is 0.354 e. The maximum Gasteiger partial charge on any atom is 0.354 e. The minimum atomic E-state index is -0.675. The summed E-state index contributed by atoms with van der Waals surface area (Å²) < 4.78 is 16.0. The van der Waals surface area contributed by atoms with Crippen LogP contribution in [0.15, 0.2) is 43.7 Å². The second-order valence-electron chi connectivity index (χ2n) is 5.69. The van der Waals surface area contributed by atoms with Gasteiger partial charge in [0, 0.05) is 17.4 Å². The maximum absolute atomic E-state index is 12.9. The Kier molecular flexibility index (Phi) is 5.13. The summed E-state index contributed by atoms with van der Waals surface area (Å²) in [5.41, 5.74) is 0.860. The minimum Gasteiger partial charge on any atom is -0.466 e. The van der Waals surface area contributed by atoms with Gasteiger partial charge in [0.2, 0.25) is 0 Å². The Labute approximate surface area is 157 Å². The van der Waals surface area contributed by atoms with E-state index in [9.17, 15) is 14.4 Å². The standard InChI is InChI=1S/C18H16BrNO6/c1-24-16(21)8-13(18(23)25-2)20-6-5-15-12(9-20)17(22)11-7-10(19)3-4-14(11)26-15/h3-4,7-8H,5-6,9H2,1-2H3/b13-8+. The van der Waals surface area contributed by atoms with Crippen molar-refractivity contribution in [2.24, 2.45) is 0 Å². The number of fused-ring (bicyclic) bond motifs is 2. The lowest BCUT2D eigenvalue weighted by molar-refractivity contribution is -0.140. The molecule has 0 N–H and O–H groups in total. The highest BCUT2D eigenvalue weighted by Crippen LogP contribution is 2.25. The number of benzene rings is 1. The fraction of sp³-hybridized carbons (Fsp3) is 0.278. The van der Waals surface area contributed by atoms with Crippen LogP contribution < -0.4 is 5.43 Å². The summed E-state index contributed by atoms with van der Waals surface area (Å²) in [6.07, 6.45) is 1.49. The van der Waals surface area contributed by atoms with Crippen molar-refractivity contribution < 1.29 is 23.5 Å². The quantitative estimate of drug-likeness (QED) is 0.554. The second kappa shape index (κ2) is 7.33. The summed E-state index contributed by atoms with van der Waals surface area (Å²) in [4.78, 5) is 38.2. The highest BCUT2D eigenvalue weighted by Gasteiger charge is 2.28. The van der Waals surface area contributed by atoms with Gasteiger partial charge in [-0.2, -0.15) is 0 Å². The van der Waals surface area contributed by atoms with E-state index >= 15 is 0 Å². The number of nitrogens with zero attached hydrogens (tertiary/aromatic N) is 1. The fourth-order valence-corrected chi connectivity index (χ4v) is 3.24. The Bertz CT molecular complexity index is 978. The second-order valence-corrected chi connectivity index (χ2v) is 6.60. The van der Waals surface area contributed by atoms with E-state index in [1.54, 1.807) is 23.1 Å². The SMILES string of the molecule is COC(=O)/C=C(\C(=O)OC)N1CCc2oc3ccc(Br)cc3c(=O)c2C1. The Morgan fingerprint density at radius 2 is 2.04 bits per heavy atom. The lowest BCUT2D eigenvalue weighted by Crippen LogP contribution is -2.36. The van der Waals surface area contributed by atoms with Crippen LogP contribution >= 0.6 is 15.9 Å². The van der Waals surface area contributed by atoms with Gasteiger partial charge in [0.15, 0.2) is 5.43 Å². The fourth-order valence-electron chi connectivity index (χ4n) is 2.88. The maximum atomic E-state index is 12.9. The molecule has 0 unspecified atom stereocenters. The third-order valence-corrected chi connectivity index (χ3v) is 4.67. The molecule has 1 aromatic carbocycles. The van der Waals surface area contributed by atoms with Crippen molar-refractivity contribution in [1.82, 2.24) is 4.90 Å². The first-order chi connectivity index (χ1) is 12.4. The number of halogens is 1. The van der Waals surface area contributed by atoms with Gasteiger partial charge in [-0.3, -0.25) is 4.79 Å². The predicted molar refractivity (Wildman–Crippen MR) is 96.4 cm³/mol. The molecule has 7 nitrogen and oxygen atoms in total. The molecule has 3 rings (SSSR count). The van der Waals surface area contributed by atoms with Crippen LogP contribution in [0.25, 0.3) is 11.0 Å². The van der Waals surface area contributed by atoms with Crippen molar-refractivity contribution in [3.05, 3.63) is 56.0 Å². The lowest BCUT2D eigenvalue weighted by atomic mass is 10.0. The van der Waals surface area contributed by atoms with E-state index in [2.05, 4.69) is 20.7 Å². The van der Waals surface area contributed by atoms with Crippen LogP contribution in [0.2, 0.25) is 0 Å². The number of hydrogen-bond donors (Lipinski definition) is 0. The van der Waals surface area contributed by atoms with Crippen LogP contribution in [-0.4, -0.2) is 37.6 Å². The molecule has 0 radical (unpaired) electrons. The first-order valence-corrected chi connectivity index (χ1v) is 8.61. The van der Waals surface area contributed by atoms with E-state index in [0.29, 0.717) is 35.3 Å². The largest absolute Gasteiger partial charge is 0.466 e. The number of carbonyl (C=O) groups excluding carboxylic acids is 2. The van der Waals surface area contributed by atoms with Gasteiger partial charge in [-0.25, -0.2) is 9.59 Å². The molecule has 2 aromatic rings. The van der Waals surface area contributed by atoms with Crippen LogP contribution in [0, 0.1) is 0 Å². The minimum absolute atomic E-state index is 0.0405. The van der Waals surface area contributed by atoms with Crippen molar-refractivity contribution in [2.45, 2.75) is 13.0 Å². The van der Waals surface area contributed by atoms with Gasteiger partial charge >= 0.3 is 11.9 Å². The van der Waals surface area contributed by atoms with E-state index in [4.69, 9.17) is 9.15 Å². The van der Waals surface area contributed by atoms with E-state index in [1.807, 2.05) is 0 Å². The van der Waals surface area contributed by atoms with Gasteiger partial charge in [-0.15, -0.1) is 0 Å². The molecule has 8 heteroatoms.